The third-order valence-corrected chi connectivity index (χ3v) is 4.63. The minimum Gasteiger partial charge on any atom is -0.463 e. The minimum atomic E-state index is -1.85. The van der Waals surface area contributed by atoms with Gasteiger partial charge < -0.3 is 19.7 Å². The van der Waals surface area contributed by atoms with Gasteiger partial charge in [0.15, 0.2) is 0 Å². The Morgan fingerprint density at radius 2 is 2.22 bits per heavy atom. The van der Waals surface area contributed by atoms with Crippen LogP contribution in [0.3, 0.4) is 0 Å². The molecule has 0 aromatic carbocycles. The van der Waals surface area contributed by atoms with Crippen LogP contribution in [-0.2, 0) is 19.9 Å². The van der Waals surface area contributed by atoms with E-state index in [1.807, 2.05) is 19.9 Å². The van der Waals surface area contributed by atoms with E-state index in [4.69, 9.17) is 9.47 Å². The molecule has 2 N–H and O–H groups in total. The third kappa shape index (κ3) is 3.27. The molecule has 0 amide bonds. The van der Waals surface area contributed by atoms with E-state index in [-0.39, 0.29) is 24.6 Å². The van der Waals surface area contributed by atoms with Crippen molar-refractivity contribution in [3.05, 3.63) is 29.8 Å². The maximum Gasteiger partial charge on any atom is 0.306 e. The second kappa shape index (κ2) is 7.23. The summed E-state index contributed by atoms with van der Waals surface area (Å²) in [5.74, 6) is -0.299. The molecule has 1 saturated heterocycles. The van der Waals surface area contributed by atoms with Crippen molar-refractivity contribution in [1.29, 1.82) is 5.26 Å². The fraction of sp³-hybridized carbons (Fsp3) is 0.556. The highest BCUT2D eigenvalue weighted by molar-refractivity contribution is 5.69. The summed E-state index contributed by atoms with van der Waals surface area (Å²) >= 11 is 0. The molecule has 3 heterocycles. The predicted molar refractivity (Wildman–Crippen MR) is 92.3 cm³/mol. The maximum absolute atomic E-state index is 11.8. The van der Waals surface area contributed by atoms with E-state index in [1.54, 1.807) is 19.1 Å². The quantitative estimate of drug-likeness (QED) is 0.722. The Bertz CT molecular complexity index is 889. The molecule has 0 radical (unpaired) electrons. The molecule has 4 atom stereocenters. The van der Waals surface area contributed by atoms with Gasteiger partial charge in [0.2, 0.25) is 5.60 Å². The lowest BCUT2D eigenvalue weighted by Crippen LogP contribution is -2.41. The Morgan fingerprint density at radius 3 is 2.89 bits per heavy atom. The van der Waals surface area contributed by atoms with Gasteiger partial charge in [0, 0.05) is 6.42 Å². The lowest BCUT2D eigenvalue weighted by molar-refractivity contribution is -0.151. The van der Waals surface area contributed by atoms with Gasteiger partial charge in [-0.15, -0.1) is 0 Å². The number of ether oxygens (including phenoxy) is 2. The summed E-state index contributed by atoms with van der Waals surface area (Å²) in [4.78, 5) is 15.9. The molecule has 3 rings (SSSR count). The molecule has 0 bridgehead atoms. The Morgan fingerprint density at radius 1 is 1.48 bits per heavy atom. The normalized spacial score (nSPS) is 27.8. The third-order valence-electron chi connectivity index (χ3n) is 4.63. The second-order valence-corrected chi connectivity index (χ2v) is 7.08. The van der Waals surface area contributed by atoms with Crippen LogP contribution in [0.15, 0.2) is 18.5 Å². The van der Waals surface area contributed by atoms with Crippen LogP contribution >= 0.6 is 0 Å². The molecule has 0 saturated carbocycles. The summed E-state index contributed by atoms with van der Waals surface area (Å²) in [6, 6.07) is 5.28. The fourth-order valence-electron chi connectivity index (χ4n) is 3.22. The molecule has 0 spiro atoms. The number of carbonyl (C=O) groups excluding carboxylic acids is 1. The molecule has 27 heavy (non-hydrogen) atoms. The smallest absolute Gasteiger partial charge is 0.306 e. The highest BCUT2D eigenvalue weighted by atomic mass is 16.6. The number of fused-ring (bicyclic) bond motifs is 1. The molecule has 0 unspecified atom stereocenters. The first kappa shape index (κ1) is 19.2. The molecule has 1 fully saturated rings. The highest BCUT2D eigenvalue weighted by Gasteiger charge is 2.57. The summed E-state index contributed by atoms with van der Waals surface area (Å²) in [5.41, 5.74) is -0.231. The van der Waals surface area contributed by atoms with E-state index >= 15 is 0 Å². The summed E-state index contributed by atoms with van der Waals surface area (Å²) in [7, 11) is 0. The number of aliphatic hydroxyl groups excluding tert-OH is 2. The van der Waals surface area contributed by atoms with Crippen molar-refractivity contribution < 1.29 is 24.5 Å². The van der Waals surface area contributed by atoms with Gasteiger partial charge in [0.1, 0.15) is 37.3 Å². The van der Waals surface area contributed by atoms with Gasteiger partial charge in [-0.3, -0.25) is 4.79 Å². The molecule has 9 heteroatoms. The molecule has 1 aliphatic heterocycles. The Kier molecular flexibility index (Phi) is 5.15. The number of hydrogen-bond donors (Lipinski definition) is 2. The molecule has 1 aliphatic rings. The van der Waals surface area contributed by atoms with Crippen molar-refractivity contribution >= 4 is 11.5 Å². The topological polar surface area (TPSA) is 130 Å². The van der Waals surface area contributed by atoms with Crippen molar-refractivity contribution in [2.45, 2.75) is 51.1 Å². The van der Waals surface area contributed by atoms with Gasteiger partial charge in [-0.2, -0.15) is 10.4 Å². The first-order valence-electron chi connectivity index (χ1n) is 8.70. The lowest BCUT2D eigenvalue weighted by Gasteiger charge is -2.24. The summed E-state index contributed by atoms with van der Waals surface area (Å²) < 4.78 is 12.3. The number of aliphatic hydroxyl groups is 2. The van der Waals surface area contributed by atoms with E-state index in [0.717, 1.165) is 0 Å². The maximum atomic E-state index is 11.8. The SMILES string of the molecule is Cc1ncnn2c([C@]3(C#N)O[C@H](COC(=O)CC(C)C)[C@@H](O)[C@H]3O)ccc12. The standard InChI is InChI=1S/C18H22N4O5/c1-10(2)6-15(23)26-7-13-16(24)17(25)18(8-19,27-13)14-5-4-12-11(3)20-9-21-22(12)14/h4-5,9-10,13,16-17,24-25H,6-7H2,1-3H3/t13-,16-,17-,18+/m1/s1. The van der Waals surface area contributed by atoms with E-state index in [0.29, 0.717) is 11.2 Å². The zero-order chi connectivity index (χ0) is 19.8. The van der Waals surface area contributed by atoms with E-state index in [1.165, 1.54) is 10.8 Å². The van der Waals surface area contributed by atoms with Crippen molar-refractivity contribution in [3.63, 3.8) is 0 Å². The van der Waals surface area contributed by atoms with Crippen LogP contribution in [0, 0.1) is 24.2 Å². The first-order valence-corrected chi connectivity index (χ1v) is 8.70. The van der Waals surface area contributed by atoms with Crippen LogP contribution in [-0.4, -0.2) is 55.7 Å². The molecular formula is C18H22N4O5. The van der Waals surface area contributed by atoms with Crippen LogP contribution in [0.1, 0.15) is 31.7 Å². The Labute approximate surface area is 156 Å². The number of carbonyl (C=O) groups is 1. The molecule has 144 valence electrons. The fourth-order valence-corrected chi connectivity index (χ4v) is 3.22. The van der Waals surface area contributed by atoms with Crippen molar-refractivity contribution in [2.24, 2.45) is 5.92 Å². The first-order chi connectivity index (χ1) is 12.8. The molecule has 2 aromatic heterocycles. The Hall–Kier alpha value is -2.54. The van der Waals surface area contributed by atoms with E-state index < -0.39 is 29.9 Å². The predicted octanol–water partition coefficient (Wildman–Crippen LogP) is 0.466. The number of aryl methyl sites for hydroxylation is 1. The average Bonchev–Trinajstić information content (AvgIpc) is 3.15. The number of nitrogens with zero attached hydrogens (tertiary/aromatic N) is 4. The largest absolute Gasteiger partial charge is 0.463 e. The van der Waals surface area contributed by atoms with Crippen LogP contribution < -0.4 is 0 Å². The zero-order valence-corrected chi connectivity index (χ0v) is 15.4. The van der Waals surface area contributed by atoms with Crippen LogP contribution in [0.5, 0.6) is 0 Å². The van der Waals surface area contributed by atoms with Gasteiger partial charge >= 0.3 is 5.97 Å². The zero-order valence-electron chi connectivity index (χ0n) is 15.4. The lowest BCUT2D eigenvalue weighted by atomic mass is 9.92. The van der Waals surface area contributed by atoms with Crippen LogP contribution in [0.25, 0.3) is 5.52 Å². The highest BCUT2D eigenvalue weighted by Crippen LogP contribution is 2.40. The van der Waals surface area contributed by atoms with Gasteiger partial charge in [-0.25, -0.2) is 9.50 Å². The van der Waals surface area contributed by atoms with E-state index in [2.05, 4.69) is 10.1 Å². The van der Waals surface area contributed by atoms with Crippen molar-refractivity contribution in [1.82, 2.24) is 14.6 Å². The van der Waals surface area contributed by atoms with Gasteiger partial charge in [-0.05, 0) is 25.0 Å². The van der Waals surface area contributed by atoms with Gasteiger partial charge in [-0.1, -0.05) is 13.8 Å². The van der Waals surface area contributed by atoms with Crippen LogP contribution in [0.2, 0.25) is 0 Å². The monoisotopic (exact) mass is 374 g/mol. The number of rotatable bonds is 5. The van der Waals surface area contributed by atoms with Crippen molar-refractivity contribution in [3.8, 4) is 6.07 Å². The second-order valence-electron chi connectivity index (χ2n) is 7.08. The molecule has 0 aliphatic carbocycles. The number of esters is 1. The number of aromatic nitrogens is 3. The molecule has 2 aromatic rings. The average molecular weight is 374 g/mol. The van der Waals surface area contributed by atoms with Gasteiger partial charge in [0.05, 0.1) is 16.9 Å². The number of nitriles is 1. The number of hydrogen-bond acceptors (Lipinski definition) is 8. The summed E-state index contributed by atoms with van der Waals surface area (Å²) in [6.07, 6.45) is -2.41. The summed E-state index contributed by atoms with van der Waals surface area (Å²) in [6.45, 7) is 5.30. The molecule has 9 nitrogen and oxygen atoms in total. The van der Waals surface area contributed by atoms with Crippen LogP contribution in [0.4, 0.5) is 0 Å². The summed E-state index contributed by atoms with van der Waals surface area (Å²) in [5, 5.41) is 34.9. The van der Waals surface area contributed by atoms with E-state index in [9.17, 15) is 20.3 Å². The minimum absolute atomic E-state index is 0.130. The van der Waals surface area contributed by atoms with Crippen molar-refractivity contribution in [2.75, 3.05) is 6.61 Å². The Balaban J connectivity index is 1.88. The van der Waals surface area contributed by atoms with Gasteiger partial charge in [0.25, 0.3) is 0 Å². The molecular weight excluding hydrogens is 352 g/mol.